The smallest absolute Gasteiger partial charge is 0.338 e. The lowest BCUT2D eigenvalue weighted by Crippen LogP contribution is -2.24. The first-order valence-corrected chi connectivity index (χ1v) is 6.37. The Balaban J connectivity index is 1.91. The van der Waals surface area contributed by atoms with Crippen LogP contribution in [0.3, 0.4) is 0 Å². The van der Waals surface area contributed by atoms with E-state index < -0.39 is 5.97 Å². The van der Waals surface area contributed by atoms with Crippen LogP contribution in [0.4, 0.5) is 11.4 Å². The molecule has 1 unspecified atom stereocenters. The predicted molar refractivity (Wildman–Crippen MR) is 73.7 cm³/mol. The van der Waals surface area contributed by atoms with Gasteiger partial charge in [0, 0.05) is 11.4 Å². The Kier molecular flexibility index (Phi) is 3.66. The molecular formula is C14H20N2O3. The predicted octanol–water partition coefficient (Wildman–Crippen LogP) is 1.97. The highest BCUT2D eigenvalue weighted by Gasteiger charge is 2.32. The number of benzene rings is 1. The van der Waals surface area contributed by atoms with E-state index in [0.717, 1.165) is 12.8 Å². The number of carbonyl (C=O) groups is 1. The van der Waals surface area contributed by atoms with Gasteiger partial charge in [0.25, 0.3) is 0 Å². The Morgan fingerprint density at radius 2 is 2.00 bits per heavy atom. The topological polar surface area (TPSA) is 87.6 Å². The fraction of sp³-hybridized carbons (Fsp3) is 0.500. The van der Waals surface area contributed by atoms with Crippen molar-refractivity contribution in [1.29, 1.82) is 0 Å². The average molecular weight is 264 g/mol. The van der Waals surface area contributed by atoms with Crippen LogP contribution < -0.4 is 11.5 Å². The Labute approximate surface area is 112 Å². The lowest BCUT2D eigenvalue weighted by molar-refractivity contribution is -0.0444. The third-order valence-electron chi connectivity index (χ3n) is 3.17. The molecule has 0 amide bonds. The number of ether oxygens (including phenoxy) is 2. The molecule has 0 aromatic heterocycles. The molecule has 1 aromatic carbocycles. The molecule has 0 spiro atoms. The Morgan fingerprint density at radius 3 is 2.53 bits per heavy atom. The van der Waals surface area contributed by atoms with Crippen molar-refractivity contribution in [3.8, 4) is 0 Å². The van der Waals surface area contributed by atoms with Crippen LogP contribution in [0.5, 0.6) is 0 Å². The highest BCUT2D eigenvalue weighted by Crippen LogP contribution is 2.29. The summed E-state index contributed by atoms with van der Waals surface area (Å²) in [5.41, 5.74) is 12.4. The van der Waals surface area contributed by atoms with E-state index >= 15 is 0 Å². The molecule has 5 heteroatoms. The van der Waals surface area contributed by atoms with Crippen LogP contribution in [0.1, 0.15) is 37.0 Å². The summed E-state index contributed by atoms with van der Waals surface area (Å²) in [5.74, 6) is -0.424. The molecule has 1 saturated heterocycles. The van der Waals surface area contributed by atoms with Crippen molar-refractivity contribution >= 4 is 17.3 Å². The van der Waals surface area contributed by atoms with Gasteiger partial charge in [-0.25, -0.2) is 4.79 Å². The summed E-state index contributed by atoms with van der Waals surface area (Å²) in [4.78, 5) is 11.9. The Morgan fingerprint density at radius 1 is 1.37 bits per heavy atom. The first kappa shape index (κ1) is 13.7. The number of carbonyl (C=O) groups excluding carboxylic acids is 1. The molecule has 0 saturated carbocycles. The van der Waals surface area contributed by atoms with Gasteiger partial charge in [-0.1, -0.05) is 0 Å². The van der Waals surface area contributed by atoms with Gasteiger partial charge in [0.05, 0.1) is 17.3 Å². The van der Waals surface area contributed by atoms with E-state index in [1.807, 2.05) is 13.8 Å². The molecule has 0 bridgehead atoms. The maximum absolute atomic E-state index is 11.9. The third kappa shape index (κ3) is 3.61. The monoisotopic (exact) mass is 264 g/mol. The fourth-order valence-electron chi connectivity index (χ4n) is 2.24. The van der Waals surface area contributed by atoms with E-state index in [1.165, 1.54) is 0 Å². The van der Waals surface area contributed by atoms with Crippen LogP contribution in [0.2, 0.25) is 0 Å². The van der Waals surface area contributed by atoms with Crippen molar-refractivity contribution in [2.75, 3.05) is 18.1 Å². The molecule has 19 heavy (non-hydrogen) atoms. The van der Waals surface area contributed by atoms with Gasteiger partial charge in [0.1, 0.15) is 6.61 Å². The number of hydrogen-bond acceptors (Lipinski definition) is 5. The van der Waals surface area contributed by atoms with Crippen LogP contribution in [0, 0.1) is 0 Å². The van der Waals surface area contributed by atoms with Crippen molar-refractivity contribution in [2.24, 2.45) is 0 Å². The van der Waals surface area contributed by atoms with Gasteiger partial charge in [0.15, 0.2) is 0 Å². The highest BCUT2D eigenvalue weighted by molar-refractivity contribution is 5.91. The second-order valence-corrected chi connectivity index (χ2v) is 5.53. The zero-order chi connectivity index (χ0) is 14.0. The molecule has 1 aliphatic heterocycles. The standard InChI is InChI=1S/C14H20N2O3/c1-14(2)4-3-12(19-14)8-18-13(17)9-5-10(15)7-11(16)6-9/h5-7,12H,3-4,8,15-16H2,1-2H3. The molecule has 2 rings (SSSR count). The lowest BCUT2D eigenvalue weighted by Gasteiger charge is -2.19. The summed E-state index contributed by atoms with van der Waals surface area (Å²) >= 11 is 0. The number of hydrogen-bond donors (Lipinski definition) is 2. The van der Waals surface area contributed by atoms with E-state index in [2.05, 4.69) is 0 Å². The molecule has 4 N–H and O–H groups in total. The van der Waals surface area contributed by atoms with E-state index in [0.29, 0.717) is 16.9 Å². The summed E-state index contributed by atoms with van der Waals surface area (Å²) in [7, 11) is 0. The lowest BCUT2D eigenvalue weighted by atomic mass is 10.1. The SMILES string of the molecule is CC1(C)CCC(COC(=O)c2cc(N)cc(N)c2)O1. The molecule has 0 radical (unpaired) electrons. The van der Waals surface area contributed by atoms with Crippen molar-refractivity contribution in [3.05, 3.63) is 23.8 Å². The van der Waals surface area contributed by atoms with Crippen LogP contribution in [0.15, 0.2) is 18.2 Å². The van der Waals surface area contributed by atoms with Crippen molar-refractivity contribution < 1.29 is 14.3 Å². The molecular weight excluding hydrogens is 244 g/mol. The summed E-state index contributed by atoms with van der Waals surface area (Å²) in [6.07, 6.45) is 1.84. The van der Waals surface area contributed by atoms with Crippen molar-refractivity contribution in [3.63, 3.8) is 0 Å². The second kappa shape index (κ2) is 5.09. The molecule has 1 heterocycles. The average Bonchev–Trinajstić information content (AvgIpc) is 2.64. The first-order valence-electron chi connectivity index (χ1n) is 6.37. The first-order chi connectivity index (χ1) is 8.85. The van der Waals surface area contributed by atoms with Gasteiger partial charge in [0.2, 0.25) is 0 Å². The maximum Gasteiger partial charge on any atom is 0.338 e. The molecule has 1 fully saturated rings. The molecule has 1 atom stereocenters. The summed E-state index contributed by atoms with van der Waals surface area (Å²) in [6.45, 7) is 4.33. The fourth-order valence-corrected chi connectivity index (χ4v) is 2.24. The summed E-state index contributed by atoms with van der Waals surface area (Å²) in [6, 6.07) is 4.70. The van der Waals surface area contributed by atoms with Gasteiger partial charge < -0.3 is 20.9 Å². The van der Waals surface area contributed by atoms with Crippen LogP contribution in [0.25, 0.3) is 0 Å². The van der Waals surface area contributed by atoms with E-state index in [4.69, 9.17) is 20.9 Å². The van der Waals surface area contributed by atoms with Crippen molar-refractivity contribution in [2.45, 2.75) is 38.4 Å². The van der Waals surface area contributed by atoms with Crippen molar-refractivity contribution in [1.82, 2.24) is 0 Å². The van der Waals surface area contributed by atoms with E-state index in [-0.39, 0.29) is 18.3 Å². The van der Waals surface area contributed by atoms with Crippen LogP contribution in [-0.4, -0.2) is 24.3 Å². The molecule has 5 nitrogen and oxygen atoms in total. The normalized spacial score (nSPS) is 21.3. The Hall–Kier alpha value is -1.75. The number of nitrogens with two attached hydrogens (primary N) is 2. The second-order valence-electron chi connectivity index (χ2n) is 5.53. The van der Waals surface area contributed by atoms with Gasteiger partial charge in [-0.3, -0.25) is 0 Å². The quantitative estimate of drug-likeness (QED) is 0.643. The van der Waals surface area contributed by atoms with Gasteiger partial charge >= 0.3 is 5.97 Å². The number of rotatable bonds is 3. The highest BCUT2D eigenvalue weighted by atomic mass is 16.6. The minimum absolute atomic E-state index is 0.0302. The number of nitrogen functional groups attached to an aromatic ring is 2. The Bertz CT molecular complexity index is 465. The van der Waals surface area contributed by atoms with E-state index in [9.17, 15) is 4.79 Å². The van der Waals surface area contributed by atoms with Crippen LogP contribution >= 0.6 is 0 Å². The number of anilines is 2. The molecule has 1 aromatic rings. The maximum atomic E-state index is 11.9. The van der Waals surface area contributed by atoms with Gasteiger partial charge in [-0.15, -0.1) is 0 Å². The summed E-state index contributed by atoms with van der Waals surface area (Å²) in [5, 5.41) is 0. The molecule has 0 aliphatic carbocycles. The minimum Gasteiger partial charge on any atom is -0.459 e. The number of esters is 1. The zero-order valence-electron chi connectivity index (χ0n) is 11.3. The molecule has 1 aliphatic rings. The van der Waals surface area contributed by atoms with E-state index in [1.54, 1.807) is 18.2 Å². The third-order valence-corrected chi connectivity index (χ3v) is 3.17. The van der Waals surface area contributed by atoms with Gasteiger partial charge in [-0.05, 0) is 44.9 Å². The minimum atomic E-state index is -0.424. The summed E-state index contributed by atoms with van der Waals surface area (Å²) < 4.78 is 11.0. The van der Waals surface area contributed by atoms with Crippen LogP contribution in [-0.2, 0) is 9.47 Å². The zero-order valence-corrected chi connectivity index (χ0v) is 11.3. The largest absolute Gasteiger partial charge is 0.459 e. The van der Waals surface area contributed by atoms with Gasteiger partial charge in [-0.2, -0.15) is 0 Å². The molecule has 104 valence electrons.